The van der Waals surface area contributed by atoms with Crippen LogP contribution in [0.2, 0.25) is 0 Å². The average molecular weight is 655 g/mol. The van der Waals surface area contributed by atoms with Gasteiger partial charge in [0.25, 0.3) is 0 Å². The molecule has 0 saturated carbocycles. The van der Waals surface area contributed by atoms with E-state index >= 15 is 0 Å². The monoisotopic (exact) mass is 654 g/mol. The maximum Gasteiger partial charge on any atom is 0.135 e. The quantitative estimate of drug-likeness (QED) is 0.177. The Morgan fingerprint density at radius 2 is 0.882 bits per heavy atom. The molecule has 2 aromatic heterocycles. The number of ether oxygens (including phenoxy) is 1. The van der Waals surface area contributed by atoms with E-state index in [1.807, 2.05) is 12.5 Å². The lowest BCUT2D eigenvalue weighted by molar-refractivity contribution is 0.278. The third kappa shape index (κ3) is 4.12. The molecule has 3 heteroatoms. The first-order valence-electron chi connectivity index (χ1n) is 17.5. The summed E-state index contributed by atoms with van der Waals surface area (Å²) in [5, 5.41) is 9.69. The van der Waals surface area contributed by atoms with Crippen LogP contribution in [0.1, 0.15) is 17.0 Å². The zero-order chi connectivity index (χ0) is 33.5. The minimum Gasteiger partial charge on any atom is -0.484 e. The largest absolute Gasteiger partial charge is 0.484 e. The van der Waals surface area contributed by atoms with E-state index in [2.05, 4.69) is 146 Å². The van der Waals surface area contributed by atoms with Crippen LogP contribution in [-0.2, 0) is 0 Å². The standard InChI is InChI=1S/C48H30O3/c1-3-12-34-32(10-1)44(33-11-2-4-13-35(33)45(34)30-22-24-49-27-30)29-20-21-43-42(26-29)40-18-9-19-41(48(40)51-43)47-38-16-7-5-14-36(38)46(31-23-25-50-28-31)37-15-6-8-17-39(37)47/h1-28,40,48H. The molecule has 240 valence electrons. The molecular weight excluding hydrogens is 625 g/mol. The zero-order valence-electron chi connectivity index (χ0n) is 27.5. The van der Waals surface area contributed by atoms with Gasteiger partial charge in [-0.25, -0.2) is 0 Å². The maximum absolute atomic E-state index is 6.97. The maximum atomic E-state index is 6.97. The fourth-order valence-corrected chi connectivity index (χ4v) is 8.82. The Bertz CT molecular complexity index is 2770. The molecule has 3 heterocycles. The van der Waals surface area contributed by atoms with Crippen molar-refractivity contribution >= 4 is 48.7 Å². The van der Waals surface area contributed by atoms with Crippen LogP contribution in [0.5, 0.6) is 5.75 Å². The molecule has 2 atom stereocenters. The minimum atomic E-state index is -0.149. The molecule has 0 fully saturated rings. The molecule has 0 bridgehead atoms. The molecule has 3 nitrogen and oxygen atoms in total. The Morgan fingerprint density at radius 1 is 0.431 bits per heavy atom. The second kappa shape index (κ2) is 11.0. The summed E-state index contributed by atoms with van der Waals surface area (Å²) in [6, 6.07) is 45.9. The Morgan fingerprint density at radius 3 is 1.33 bits per heavy atom. The summed E-state index contributed by atoms with van der Waals surface area (Å²) in [7, 11) is 0. The number of fused-ring (bicyclic) bond motifs is 7. The van der Waals surface area contributed by atoms with Crippen molar-refractivity contribution in [1.29, 1.82) is 0 Å². The van der Waals surface area contributed by atoms with Crippen molar-refractivity contribution in [3.05, 3.63) is 182 Å². The van der Waals surface area contributed by atoms with Crippen LogP contribution in [0, 0.1) is 0 Å². The molecular formula is C48H30O3. The van der Waals surface area contributed by atoms with Gasteiger partial charge in [0.15, 0.2) is 0 Å². The van der Waals surface area contributed by atoms with E-state index in [0.29, 0.717) is 0 Å². The van der Waals surface area contributed by atoms with Crippen LogP contribution in [0.3, 0.4) is 0 Å². The Balaban J connectivity index is 1.09. The predicted molar refractivity (Wildman–Crippen MR) is 208 cm³/mol. The van der Waals surface area contributed by atoms with E-state index in [1.165, 1.54) is 82.0 Å². The molecule has 0 amide bonds. The van der Waals surface area contributed by atoms with E-state index in [9.17, 15) is 0 Å². The van der Waals surface area contributed by atoms with Crippen LogP contribution in [-0.4, -0.2) is 6.10 Å². The summed E-state index contributed by atoms with van der Waals surface area (Å²) < 4.78 is 18.1. The van der Waals surface area contributed by atoms with Crippen molar-refractivity contribution < 1.29 is 13.6 Å². The molecule has 0 spiro atoms. The first kappa shape index (κ1) is 28.3. The van der Waals surface area contributed by atoms with Crippen molar-refractivity contribution in [3.8, 4) is 39.1 Å². The van der Waals surface area contributed by atoms with Crippen molar-refractivity contribution in [2.24, 2.45) is 0 Å². The zero-order valence-corrected chi connectivity index (χ0v) is 27.5. The molecule has 0 radical (unpaired) electrons. The minimum absolute atomic E-state index is 0.0776. The molecule has 2 aliphatic rings. The van der Waals surface area contributed by atoms with Gasteiger partial charge in [0.05, 0.1) is 25.1 Å². The molecule has 1 aliphatic carbocycles. The number of hydrogen-bond acceptors (Lipinski definition) is 3. The fourth-order valence-electron chi connectivity index (χ4n) is 8.82. The highest BCUT2D eigenvalue weighted by Gasteiger charge is 2.38. The van der Waals surface area contributed by atoms with Gasteiger partial charge >= 0.3 is 0 Å². The molecule has 7 aromatic carbocycles. The fraction of sp³-hybridized carbons (Fsp3) is 0.0417. The second-order valence-corrected chi connectivity index (χ2v) is 13.5. The lowest BCUT2D eigenvalue weighted by Crippen LogP contribution is -2.21. The number of allylic oxidation sites excluding steroid dienone is 2. The number of benzene rings is 7. The highest BCUT2D eigenvalue weighted by atomic mass is 16.5. The summed E-state index contributed by atoms with van der Waals surface area (Å²) in [6.45, 7) is 0. The van der Waals surface area contributed by atoms with Gasteiger partial charge in [0.1, 0.15) is 11.9 Å². The van der Waals surface area contributed by atoms with Gasteiger partial charge in [-0.15, -0.1) is 0 Å². The van der Waals surface area contributed by atoms with Gasteiger partial charge in [-0.1, -0.05) is 121 Å². The van der Waals surface area contributed by atoms with Crippen LogP contribution in [0.4, 0.5) is 0 Å². The van der Waals surface area contributed by atoms with E-state index in [-0.39, 0.29) is 12.0 Å². The van der Waals surface area contributed by atoms with Crippen molar-refractivity contribution in [3.63, 3.8) is 0 Å². The van der Waals surface area contributed by atoms with Crippen molar-refractivity contribution in [2.45, 2.75) is 12.0 Å². The Kier molecular flexibility index (Phi) is 6.08. The molecule has 11 rings (SSSR count). The highest BCUT2D eigenvalue weighted by molar-refractivity contribution is 6.22. The summed E-state index contributed by atoms with van der Waals surface area (Å²) in [5.74, 6) is 1.02. The van der Waals surface area contributed by atoms with E-state index in [0.717, 1.165) is 16.9 Å². The molecule has 51 heavy (non-hydrogen) atoms. The van der Waals surface area contributed by atoms with Gasteiger partial charge in [-0.2, -0.15) is 0 Å². The predicted octanol–water partition coefficient (Wildman–Crippen LogP) is 13.0. The lowest BCUT2D eigenvalue weighted by Gasteiger charge is -2.26. The average Bonchev–Trinajstić information content (AvgIpc) is 3.98. The molecule has 9 aromatic rings. The van der Waals surface area contributed by atoms with E-state index in [1.54, 1.807) is 12.5 Å². The number of rotatable bonds is 4. The molecule has 0 saturated heterocycles. The lowest BCUT2D eigenvalue weighted by atomic mass is 9.79. The Labute approximate surface area is 294 Å². The van der Waals surface area contributed by atoms with E-state index < -0.39 is 0 Å². The van der Waals surface area contributed by atoms with Gasteiger partial charge in [-0.05, 0) is 84.0 Å². The van der Waals surface area contributed by atoms with Gasteiger partial charge in [-0.3, -0.25) is 0 Å². The smallest absolute Gasteiger partial charge is 0.135 e. The Hall–Kier alpha value is -6.58. The molecule has 0 N–H and O–H groups in total. The van der Waals surface area contributed by atoms with Gasteiger partial charge < -0.3 is 13.6 Å². The summed E-state index contributed by atoms with van der Waals surface area (Å²) in [4.78, 5) is 0. The highest BCUT2D eigenvalue weighted by Crippen LogP contribution is 2.52. The van der Waals surface area contributed by atoms with Gasteiger partial charge in [0.2, 0.25) is 0 Å². The topological polar surface area (TPSA) is 35.5 Å². The van der Waals surface area contributed by atoms with Crippen molar-refractivity contribution in [1.82, 2.24) is 0 Å². The van der Waals surface area contributed by atoms with Crippen LogP contribution >= 0.6 is 0 Å². The normalized spacial score (nSPS) is 16.4. The summed E-state index contributed by atoms with van der Waals surface area (Å²) in [6.07, 6.45) is 13.8. The first-order valence-corrected chi connectivity index (χ1v) is 17.5. The summed E-state index contributed by atoms with van der Waals surface area (Å²) >= 11 is 0. The van der Waals surface area contributed by atoms with Crippen LogP contribution in [0.15, 0.2) is 180 Å². The number of hydrogen-bond donors (Lipinski definition) is 0. The molecule has 1 aliphatic heterocycles. The third-order valence-electron chi connectivity index (χ3n) is 10.9. The van der Waals surface area contributed by atoms with E-state index in [4.69, 9.17) is 13.6 Å². The number of furan rings is 2. The third-order valence-corrected chi connectivity index (χ3v) is 10.9. The second-order valence-electron chi connectivity index (χ2n) is 13.5. The molecule has 2 unspecified atom stereocenters. The van der Waals surface area contributed by atoms with Crippen molar-refractivity contribution in [2.75, 3.05) is 0 Å². The first-order chi connectivity index (χ1) is 25.3. The van der Waals surface area contributed by atoms with Crippen LogP contribution in [0.25, 0.3) is 82.0 Å². The SMILES string of the molecule is C1=CC2c3cc(-c4c5ccccc5c(-c5ccoc5)c5ccccc45)ccc3OC2C(c2c3ccccc3c(-c3ccoc3)c3ccccc23)=C1. The van der Waals surface area contributed by atoms with Gasteiger partial charge in [0, 0.05) is 39.3 Å². The summed E-state index contributed by atoms with van der Waals surface area (Å²) in [5.41, 5.74) is 10.6. The van der Waals surface area contributed by atoms with Crippen LogP contribution < -0.4 is 4.74 Å².